The molecule has 0 amide bonds. The molecule has 0 aromatic heterocycles. The first kappa shape index (κ1) is 14.0. The Kier molecular flexibility index (Phi) is 3.88. The number of nitrogens with zero attached hydrogens (tertiary/aromatic N) is 1. The quantitative estimate of drug-likeness (QED) is 0.443. The van der Waals surface area contributed by atoms with Crippen molar-refractivity contribution in [2.45, 2.75) is 6.92 Å². The molecule has 2 aromatic rings. The summed E-state index contributed by atoms with van der Waals surface area (Å²) in [5.74, 6) is -0.0543. The zero-order chi connectivity index (χ0) is 14.8. The third-order valence-corrected chi connectivity index (χ3v) is 3.74. The first-order valence-electron chi connectivity index (χ1n) is 6.47. The molecule has 1 aliphatic heterocycles. The first-order valence-corrected chi connectivity index (χ1v) is 7.55. The molecule has 0 saturated heterocycles. The van der Waals surface area contributed by atoms with E-state index in [1.165, 1.54) is 0 Å². The van der Waals surface area contributed by atoms with Crippen LogP contribution in [0.1, 0.15) is 16.7 Å². The molecule has 0 bridgehead atoms. The average molecular weight is 389 g/mol. The molecule has 2 aromatic carbocycles. The summed E-state index contributed by atoms with van der Waals surface area (Å²) in [7, 11) is 0. The molecule has 1 aliphatic rings. The predicted molar refractivity (Wildman–Crippen MR) is 90.9 cm³/mol. The lowest BCUT2D eigenvalue weighted by atomic mass is 10.1. The van der Waals surface area contributed by atoms with Gasteiger partial charge in [-0.25, -0.2) is 9.79 Å². The van der Waals surface area contributed by atoms with Gasteiger partial charge in [-0.05, 0) is 65.4 Å². The van der Waals surface area contributed by atoms with Gasteiger partial charge in [0.1, 0.15) is 0 Å². The van der Waals surface area contributed by atoms with E-state index in [-0.39, 0.29) is 0 Å². The largest absolute Gasteiger partial charge is 0.402 e. The number of aryl methyl sites for hydroxylation is 1. The van der Waals surface area contributed by atoms with Crippen LogP contribution in [0.2, 0.25) is 0 Å². The molecular formula is C17H12INO2. The number of hydrogen-bond donors (Lipinski definition) is 0. The molecule has 0 fully saturated rings. The zero-order valence-electron chi connectivity index (χ0n) is 11.3. The molecule has 3 nitrogen and oxygen atoms in total. The van der Waals surface area contributed by atoms with E-state index in [1.54, 1.807) is 6.08 Å². The molecule has 0 radical (unpaired) electrons. The molecule has 21 heavy (non-hydrogen) atoms. The highest BCUT2D eigenvalue weighted by molar-refractivity contribution is 14.1. The van der Waals surface area contributed by atoms with Gasteiger partial charge >= 0.3 is 5.97 Å². The molecule has 4 heteroatoms. The highest BCUT2D eigenvalue weighted by Crippen LogP contribution is 2.20. The fourth-order valence-corrected chi connectivity index (χ4v) is 2.55. The summed E-state index contributed by atoms with van der Waals surface area (Å²) in [6.07, 6.45) is 1.74. The molecular weight excluding hydrogens is 377 g/mol. The minimum absolute atomic E-state index is 0.326. The van der Waals surface area contributed by atoms with Crippen LogP contribution in [0.15, 0.2) is 59.2 Å². The molecule has 0 aliphatic carbocycles. The van der Waals surface area contributed by atoms with Gasteiger partial charge in [0.25, 0.3) is 0 Å². The van der Waals surface area contributed by atoms with Crippen molar-refractivity contribution in [1.82, 2.24) is 0 Å². The summed E-state index contributed by atoms with van der Waals surface area (Å²) in [5.41, 5.74) is 3.22. The number of hydrogen-bond acceptors (Lipinski definition) is 3. The summed E-state index contributed by atoms with van der Waals surface area (Å²) in [4.78, 5) is 16.2. The van der Waals surface area contributed by atoms with E-state index in [0.29, 0.717) is 11.6 Å². The maximum absolute atomic E-state index is 11.9. The molecule has 0 atom stereocenters. The van der Waals surface area contributed by atoms with Gasteiger partial charge in [0.15, 0.2) is 5.70 Å². The third-order valence-electron chi connectivity index (χ3n) is 3.07. The number of rotatable bonds is 2. The molecule has 0 saturated carbocycles. The summed E-state index contributed by atoms with van der Waals surface area (Å²) in [6, 6.07) is 15.6. The number of aliphatic imine (C=N–C) groups is 1. The molecule has 3 rings (SSSR count). The van der Waals surface area contributed by atoms with Crippen LogP contribution in [0.3, 0.4) is 0 Å². The number of ether oxygens (including phenoxy) is 1. The number of esters is 1. The topological polar surface area (TPSA) is 38.7 Å². The van der Waals surface area contributed by atoms with Crippen LogP contribution in [0.25, 0.3) is 6.08 Å². The predicted octanol–water partition coefficient (Wildman–Crippen LogP) is 3.94. The van der Waals surface area contributed by atoms with Gasteiger partial charge in [-0.2, -0.15) is 0 Å². The van der Waals surface area contributed by atoms with Gasteiger partial charge in [0.05, 0.1) is 0 Å². The Labute approximate surface area is 136 Å². The molecule has 0 spiro atoms. The van der Waals surface area contributed by atoms with Crippen LogP contribution >= 0.6 is 22.6 Å². The first-order chi connectivity index (χ1) is 10.1. The van der Waals surface area contributed by atoms with Crippen molar-refractivity contribution in [3.05, 3.63) is 74.5 Å². The van der Waals surface area contributed by atoms with Gasteiger partial charge in [-0.3, -0.25) is 0 Å². The average Bonchev–Trinajstić information content (AvgIpc) is 2.81. The molecule has 1 heterocycles. The van der Waals surface area contributed by atoms with Gasteiger partial charge < -0.3 is 4.74 Å². The summed E-state index contributed by atoms with van der Waals surface area (Å²) >= 11 is 2.23. The van der Waals surface area contributed by atoms with Crippen molar-refractivity contribution in [1.29, 1.82) is 0 Å². The second-order valence-corrected chi connectivity index (χ2v) is 6.00. The Balaban J connectivity index is 1.93. The number of benzene rings is 2. The van der Waals surface area contributed by atoms with Gasteiger partial charge in [0.2, 0.25) is 5.90 Å². The van der Waals surface area contributed by atoms with Crippen LogP contribution < -0.4 is 0 Å². The minimum Gasteiger partial charge on any atom is -0.402 e. The summed E-state index contributed by atoms with van der Waals surface area (Å²) in [5, 5.41) is 0. The summed E-state index contributed by atoms with van der Waals surface area (Å²) in [6.45, 7) is 2.01. The lowest BCUT2D eigenvalue weighted by Gasteiger charge is -1.99. The number of carbonyl (C=O) groups excluding carboxylic acids is 1. The fourth-order valence-electron chi connectivity index (χ4n) is 1.98. The van der Waals surface area contributed by atoms with Crippen LogP contribution in [-0.2, 0) is 9.53 Å². The Morgan fingerprint density at radius 2 is 1.90 bits per heavy atom. The maximum atomic E-state index is 11.9. The molecule has 0 unspecified atom stereocenters. The lowest BCUT2D eigenvalue weighted by molar-refractivity contribution is -0.129. The van der Waals surface area contributed by atoms with Crippen molar-refractivity contribution in [3.8, 4) is 0 Å². The normalized spacial score (nSPS) is 16.0. The number of cyclic esters (lactones) is 1. The Morgan fingerprint density at radius 1 is 1.14 bits per heavy atom. The standard InChI is InChI=1S/C17H12INO2/c1-11-5-7-13(8-6-11)16-19-15(17(20)21-16)10-12-3-2-4-14(18)9-12/h2-10H,1H3. The highest BCUT2D eigenvalue weighted by atomic mass is 127. The Hall–Kier alpha value is -1.95. The fraction of sp³-hybridized carbons (Fsp3) is 0.0588. The van der Waals surface area contributed by atoms with E-state index in [2.05, 4.69) is 27.6 Å². The van der Waals surface area contributed by atoms with E-state index >= 15 is 0 Å². The third kappa shape index (κ3) is 3.21. The van der Waals surface area contributed by atoms with E-state index in [0.717, 1.165) is 20.3 Å². The van der Waals surface area contributed by atoms with E-state index < -0.39 is 5.97 Å². The Bertz CT molecular complexity index is 761. The van der Waals surface area contributed by atoms with Gasteiger partial charge in [-0.1, -0.05) is 29.8 Å². The van der Waals surface area contributed by atoms with Crippen molar-refractivity contribution in [2.75, 3.05) is 0 Å². The van der Waals surface area contributed by atoms with E-state index in [9.17, 15) is 4.79 Å². The van der Waals surface area contributed by atoms with Crippen molar-refractivity contribution >= 4 is 40.5 Å². The lowest BCUT2D eigenvalue weighted by Crippen LogP contribution is -2.05. The Morgan fingerprint density at radius 3 is 2.62 bits per heavy atom. The van der Waals surface area contributed by atoms with E-state index in [1.807, 2.05) is 55.5 Å². The second-order valence-electron chi connectivity index (χ2n) is 4.76. The SMILES string of the molecule is Cc1ccc(C2=NC(=Cc3cccc(I)c3)C(=O)O2)cc1. The minimum atomic E-state index is -0.413. The van der Waals surface area contributed by atoms with Gasteiger partial charge in [-0.15, -0.1) is 0 Å². The van der Waals surface area contributed by atoms with Crippen LogP contribution in [-0.4, -0.2) is 11.9 Å². The smallest absolute Gasteiger partial charge is 0.363 e. The number of halogens is 1. The van der Waals surface area contributed by atoms with Crippen LogP contribution in [0.5, 0.6) is 0 Å². The second kappa shape index (κ2) is 5.81. The van der Waals surface area contributed by atoms with Gasteiger partial charge in [0, 0.05) is 9.13 Å². The molecule has 0 N–H and O–H groups in total. The van der Waals surface area contributed by atoms with Crippen molar-refractivity contribution in [2.24, 2.45) is 4.99 Å². The number of carbonyl (C=O) groups is 1. The van der Waals surface area contributed by atoms with Crippen LogP contribution in [0.4, 0.5) is 0 Å². The van der Waals surface area contributed by atoms with Crippen molar-refractivity contribution < 1.29 is 9.53 Å². The zero-order valence-corrected chi connectivity index (χ0v) is 13.5. The monoisotopic (exact) mass is 389 g/mol. The van der Waals surface area contributed by atoms with Crippen LogP contribution in [0, 0.1) is 10.5 Å². The summed E-state index contributed by atoms with van der Waals surface area (Å²) < 4.78 is 6.35. The highest BCUT2D eigenvalue weighted by Gasteiger charge is 2.23. The van der Waals surface area contributed by atoms with E-state index in [4.69, 9.17) is 4.74 Å². The van der Waals surface area contributed by atoms with Crippen molar-refractivity contribution in [3.63, 3.8) is 0 Å². The molecule has 104 valence electrons. The maximum Gasteiger partial charge on any atom is 0.363 e.